The minimum Gasteiger partial charge on any atom is -0.494 e. The molecule has 17 heavy (non-hydrogen) atoms. The lowest BCUT2D eigenvalue weighted by Gasteiger charge is -2.18. The zero-order valence-corrected chi connectivity index (χ0v) is 9.76. The van der Waals surface area contributed by atoms with Crippen LogP contribution in [0.2, 0.25) is 0 Å². The number of hydrogen-bond donors (Lipinski definition) is 1. The summed E-state index contributed by atoms with van der Waals surface area (Å²) in [5, 5.41) is 10.7. The van der Waals surface area contributed by atoms with Crippen LogP contribution in [0.4, 0.5) is 17.1 Å². The zero-order chi connectivity index (χ0) is 13.2. The van der Waals surface area contributed by atoms with Crippen LogP contribution in [-0.4, -0.2) is 25.0 Å². The van der Waals surface area contributed by atoms with Crippen LogP contribution in [0.15, 0.2) is 12.1 Å². The van der Waals surface area contributed by atoms with Crippen molar-refractivity contribution in [1.82, 2.24) is 0 Å². The molecule has 0 aliphatic heterocycles. The van der Waals surface area contributed by atoms with Crippen molar-refractivity contribution in [3.8, 4) is 5.75 Å². The molecule has 2 N–H and O–H groups in total. The van der Waals surface area contributed by atoms with E-state index in [1.165, 1.54) is 38.1 Å². The molecule has 0 unspecified atom stereocenters. The molecule has 7 nitrogen and oxygen atoms in total. The van der Waals surface area contributed by atoms with Crippen molar-refractivity contribution in [3.63, 3.8) is 0 Å². The molecular weight excluding hydrogens is 226 g/mol. The highest BCUT2D eigenvalue weighted by molar-refractivity contribution is 5.94. The number of nitrogens with zero attached hydrogens (tertiary/aromatic N) is 2. The van der Waals surface area contributed by atoms with E-state index in [9.17, 15) is 14.9 Å². The predicted octanol–water partition coefficient (Wildman–Crippen LogP) is 1.17. The van der Waals surface area contributed by atoms with Gasteiger partial charge in [-0.3, -0.25) is 14.9 Å². The van der Waals surface area contributed by atoms with Crippen molar-refractivity contribution in [2.75, 3.05) is 24.8 Å². The molecule has 0 aliphatic rings. The van der Waals surface area contributed by atoms with Crippen LogP contribution in [0.1, 0.15) is 6.92 Å². The molecule has 0 radical (unpaired) electrons. The fourth-order valence-corrected chi connectivity index (χ4v) is 1.33. The Bertz CT molecular complexity index is 473. The van der Waals surface area contributed by atoms with Gasteiger partial charge in [-0.05, 0) is 0 Å². The van der Waals surface area contributed by atoms with Gasteiger partial charge in [0, 0.05) is 26.1 Å². The number of nitrogen functional groups attached to an aromatic ring is 1. The monoisotopic (exact) mass is 239 g/mol. The Balaban J connectivity index is 3.41. The second-order valence-corrected chi connectivity index (χ2v) is 3.42. The first-order valence-electron chi connectivity index (χ1n) is 4.74. The normalized spacial score (nSPS) is 9.82. The van der Waals surface area contributed by atoms with Crippen LogP contribution in [0.5, 0.6) is 5.75 Å². The molecule has 1 rings (SSSR count). The van der Waals surface area contributed by atoms with Gasteiger partial charge in [-0.1, -0.05) is 0 Å². The lowest BCUT2D eigenvalue weighted by atomic mass is 10.2. The van der Waals surface area contributed by atoms with Gasteiger partial charge < -0.3 is 15.4 Å². The number of ether oxygens (including phenoxy) is 1. The number of rotatable bonds is 3. The van der Waals surface area contributed by atoms with Gasteiger partial charge in [0.2, 0.25) is 5.91 Å². The van der Waals surface area contributed by atoms with Crippen molar-refractivity contribution in [2.24, 2.45) is 0 Å². The molecule has 0 saturated carbocycles. The molecule has 0 saturated heterocycles. The molecule has 0 atom stereocenters. The van der Waals surface area contributed by atoms with E-state index in [2.05, 4.69) is 0 Å². The zero-order valence-electron chi connectivity index (χ0n) is 9.76. The van der Waals surface area contributed by atoms with Gasteiger partial charge in [0.25, 0.3) is 5.69 Å². The first-order valence-corrected chi connectivity index (χ1v) is 4.74. The number of amides is 1. The summed E-state index contributed by atoms with van der Waals surface area (Å²) in [6.07, 6.45) is 0. The maximum absolute atomic E-state index is 11.2. The van der Waals surface area contributed by atoms with E-state index in [1.54, 1.807) is 0 Å². The number of nitro groups is 1. The van der Waals surface area contributed by atoms with Gasteiger partial charge in [0.1, 0.15) is 11.4 Å². The Kier molecular flexibility index (Phi) is 3.52. The summed E-state index contributed by atoms with van der Waals surface area (Å²) in [4.78, 5) is 22.6. The maximum atomic E-state index is 11.2. The standard InChI is InChI=1S/C10H13N3O4/c1-6(14)12(2)9-5-8(13(15)16)7(11)4-10(9)17-3/h4-5H,11H2,1-3H3. The van der Waals surface area contributed by atoms with Crippen LogP contribution >= 0.6 is 0 Å². The van der Waals surface area contributed by atoms with E-state index < -0.39 is 4.92 Å². The number of methoxy groups -OCH3 is 1. The number of nitrogens with two attached hydrogens (primary N) is 1. The van der Waals surface area contributed by atoms with E-state index in [-0.39, 0.29) is 17.3 Å². The average molecular weight is 239 g/mol. The van der Waals surface area contributed by atoms with Crippen molar-refractivity contribution in [1.29, 1.82) is 0 Å². The lowest BCUT2D eigenvalue weighted by molar-refractivity contribution is -0.383. The van der Waals surface area contributed by atoms with Gasteiger partial charge in [-0.25, -0.2) is 0 Å². The number of hydrogen-bond acceptors (Lipinski definition) is 5. The number of carbonyl (C=O) groups excluding carboxylic acids is 1. The number of anilines is 2. The molecule has 1 aromatic rings. The summed E-state index contributed by atoms with van der Waals surface area (Å²) in [5.41, 5.74) is 5.56. The Morgan fingerprint density at radius 3 is 2.53 bits per heavy atom. The highest BCUT2D eigenvalue weighted by Crippen LogP contribution is 2.36. The van der Waals surface area contributed by atoms with E-state index in [1.807, 2.05) is 0 Å². The molecule has 0 heterocycles. The molecule has 0 aromatic heterocycles. The molecule has 0 spiro atoms. The van der Waals surface area contributed by atoms with Gasteiger partial charge in [0.05, 0.1) is 17.7 Å². The van der Waals surface area contributed by atoms with Crippen molar-refractivity contribution in [3.05, 3.63) is 22.2 Å². The Morgan fingerprint density at radius 1 is 1.53 bits per heavy atom. The van der Waals surface area contributed by atoms with E-state index in [0.29, 0.717) is 11.4 Å². The van der Waals surface area contributed by atoms with E-state index in [4.69, 9.17) is 10.5 Å². The third-order valence-electron chi connectivity index (χ3n) is 2.36. The topological polar surface area (TPSA) is 98.7 Å². The highest BCUT2D eigenvalue weighted by atomic mass is 16.6. The van der Waals surface area contributed by atoms with Crippen molar-refractivity contribution < 1.29 is 14.5 Å². The summed E-state index contributed by atoms with van der Waals surface area (Å²) < 4.78 is 5.04. The Morgan fingerprint density at radius 2 is 2.12 bits per heavy atom. The van der Waals surface area contributed by atoms with Crippen LogP contribution < -0.4 is 15.4 Å². The van der Waals surface area contributed by atoms with Crippen molar-refractivity contribution in [2.45, 2.75) is 6.92 Å². The number of benzene rings is 1. The third kappa shape index (κ3) is 2.44. The van der Waals surface area contributed by atoms with E-state index in [0.717, 1.165) is 0 Å². The SMILES string of the molecule is COc1cc(N)c([N+](=O)[O-])cc1N(C)C(C)=O. The smallest absolute Gasteiger partial charge is 0.294 e. The van der Waals surface area contributed by atoms with E-state index >= 15 is 0 Å². The molecule has 1 amide bonds. The summed E-state index contributed by atoms with van der Waals surface area (Å²) >= 11 is 0. The molecular formula is C10H13N3O4. The fourth-order valence-electron chi connectivity index (χ4n) is 1.33. The lowest BCUT2D eigenvalue weighted by Crippen LogP contribution is -2.23. The van der Waals surface area contributed by atoms with Crippen LogP contribution in [0.3, 0.4) is 0 Å². The molecule has 0 bridgehead atoms. The van der Waals surface area contributed by atoms with Crippen LogP contribution in [0, 0.1) is 10.1 Å². The minimum absolute atomic E-state index is 0.00690. The average Bonchev–Trinajstić information content (AvgIpc) is 2.26. The summed E-state index contributed by atoms with van der Waals surface area (Å²) in [7, 11) is 2.90. The van der Waals surface area contributed by atoms with Crippen molar-refractivity contribution >= 4 is 23.0 Å². The van der Waals surface area contributed by atoms with Crippen LogP contribution in [-0.2, 0) is 4.79 Å². The largest absolute Gasteiger partial charge is 0.494 e. The first kappa shape index (κ1) is 12.8. The Hall–Kier alpha value is -2.31. The molecule has 92 valence electrons. The summed E-state index contributed by atoms with van der Waals surface area (Å²) in [6.45, 7) is 1.35. The fraction of sp³-hybridized carbons (Fsp3) is 0.300. The van der Waals surface area contributed by atoms with Gasteiger partial charge >= 0.3 is 0 Å². The minimum atomic E-state index is -0.605. The quantitative estimate of drug-likeness (QED) is 0.485. The van der Waals surface area contributed by atoms with Gasteiger partial charge in [0.15, 0.2) is 0 Å². The summed E-state index contributed by atoms with van der Waals surface area (Å²) in [5.74, 6) is 0.0492. The molecule has 0 fully saturated rings. The van der Waals surface area contributed by atoms with Crippen LogP contribution in [0.25, 0.3) is 0 Å². The number of carbonyl (C=O) groups is 1. The molecule has 0 aliphatic carbocycles. The third-order valence-corrected chi connectivity index (χ3v) is 2.36. The predicted molar refractivity (Wildman–Crippen MR) is 63.1 cm³/mol. The second-order valence-electron chi connectivity index (χ2n) is 3.42. The maximum Gasteiger partial charge on any atom is 0.294 e. The highest BCUT2D eigenvalue weighted by Gasteiger charge is 2.20. The second kappa shape index (κ2) is 4.69. The Labute approximate surface area is 97.9 Å². The molecule has 7 heteroatoms. The first-order chi connectivity index (χ1) is 7.88. The van der Waals surface area contributed by atoms with Gasteiger partial charge in [-0.15, -0.1) is 0 Å². The number of nitro benzene ring substituents is 1. The van der Waals surface area contributed by atoms with Gasteiger partial charge in [-0.2, -0.15) is 0 Å². The molecule has 1 aromatic carbocycles. The summed E-state index contributed by atoms with van der Waals surface area (Å²) in [6, 6.07) is 2.54.